The summed E-state index contributed by atoms with van der Waals surface area (Å²) in [5, 5.41) is 3.36. The summed E-state index contributed by atoms with van der Waals surface area (Å²) in [5.74, 6) is 0. The van der Waals surface area contributed by atoms with Gasteiger partial charge in [-0.2, -0.15) is 8.42 Å². The smallest absolute Gasteiger partial charge is 0.281 e. The van der Waals surface area contributed by atoms with E-state index in [1.165, 1.54) is 17.4 Å². The van der Waals surface area contributed by atoms with Gasteiger partial charge in [-0.25, -0.2) is 9.97 Å². The standard InChI is InChI=1S/C13H18N4O2S2/c1-4-11-9(2)20-13(16-11)17-21(18,19)12-6-5-10(7-14-3)8-15-12/h5-6,8,14H,4,7H2,1-3H3,(H,16,17). The van der Waals surface area contributed by atoms with Crippen LogP contribution in [-0.2, 0) is 23.0 Å². The topological polar surface area (TPSA) is 84.0 Å². The van der Waals surface area contributed by atoms with Crippen LogP contribution in [0.1, 0.15) is 23.1 Å². The van der Waals surface area contributed by atoms with Crippen LogP contribution >= 0.6 is 11.3 Å². The quantitative estimate of drug-likeness (QED) is 0.847. The van der Waals surface area contributed by atoms with Crippen LogP contribution in [-0.4, -0.2) is 25.4 Å². The molecule has 0 aromatic carbocycles. The molecular weight excluding hydrogens is 308 g/mol. The Balaban J connectivity index is 2.20. The third-order valence-corrected chi connectivity index (χ3v) is 5.22. The van der Waals surface area contributed by atoms with Crippen molar-refractivity contribution in [3.63, 3.8) is 0 Å². The largest absolute Gasteiger partial charge is 0.316 e. The minimum absolute atomic E-state index is 0.00625. The molecule has 0 saturated carbocycles. The number of pyridine rings is 1. The molecule has 2 rings (SSSR count). The van der Waals surface area contributed by atoms with Gasteiger partial charge in [-0.05, 0) is 32.0 Å². The Kier molecular flexibility index (Phi) is 4.92. The van der Waals surface area contributed by atoms with Crippen molar-refractivity contribution in [2.45, 2.75) is 31.8 Å². The first-order chi connectivity index (χ1) is 9.96. The van der Waals surface area contributed by atoms with Crippen molar-refractivity contribution in [3.05, 3.63) is 34.5 Å². The van der Waals surface area contributed by atoms with E-state index in [4.69, 9.17) is 0 Å². The van der Waals surface area contributed by atoms with Crippen molar-refractivity contribution >= 4 is 26.5 Å². The first kappa shape index (κ1) is 15.9. The second kappa shape index (κ2) is 6.50. The Morgan fingerprint density at radius 1 is 1.33 bits per heavy atom. The zero-order chi connectivity index (χ0) is 15.5. The van der Waals surface area contributed by atoms with Crippen molar-refractivity contribution < 1.29 is 8.42 Å². The van der Waals surface area contributed by atoms with E-state index in [9.17, 15) is 8.42 Å². The maximum absolute atomic E-state index is 12.3. The Morgan fingerprint density at radius 2 is 2.10 bits per heavy atom. The zero-order valence-electron chi connectivity index (χ0n) is 12.2. The van der Waals surface area contributed by atoms with Crippen LogP contribution in [0.4, 0.5) is 5.13 Å². The molecular formula is C13H18N4O2S2. The summed E-state index contributed by atoms with van der Waals surface area (Å²) >= 11 is 1.33. The molecule has 2 N–H and O–H groups in total. The van der Waals surface area contributed by atoms with Gasteiger partial charge in [-0.3, -0.25) is 4.72 Å². The molecule has 0 unspecified atom stereocenters. The molecule has 0 atom stereocenters. The van der Waals surface area contributed by atoms with Gasteiger partial charge in [0.25, 0.3) is 10.0 Å². The van der Waals surface area contributed by atoms with Gasteiger partial charge in [0.15, 0.2) is 10.2 Å². The number of anilines is 1. The van der Waals surface area contributed by atoms with E-state index in [0.29, 0.717) is 11.7 Å². The fourth-order valence-electron chi connectivity index (χ4n) is 1.85. The molecule has 0 bridgehead atoms. The Hall–Kier alpha value is -1.51. The molecule has 0 aliphatic rings. The minimum atomic E-state index is -3.69. The Morgan fingerprint density at radius 3 is 2.62 bits per heavy atom. The van der Waals surface area contributed by atoms with Crippen molar-refractivity contribution in [2.75, 3.05) is 11.8 Å². The van der Waals surface area contributed by atoms with Gasteiger partial charge in [0.1, 0.15) is 0 Å². The van der Waals surface area contributed by atoms with Gasteiger partial charge in [0.2, 0.25) is 0 Å². The van der Waals surface area contributed by atoms with Crippen LogP contribution in [0.25, 0.3) is 0 Å². The minimum Gasteiger partial charge on any atom is -0.316 e. The molecule has 0 radical (unpaired) electrons. The first-order valence-corrected chi connectivity index (χ1v) is 8.85. The molecule has 2 heterocycles. The molecule has 0 aliphatic heterocycles. The number of sulfonamides is 1. The first-order valence-electron chi connectivity index (χ1n) is 6.55. The van der Waals surface area contributed by atoms with Crippen LogP contribution in [0.2, 0.25) is 0 Å². The Labute approximate surface area is 128 Å². The third kappa shape index (κ3) is 3.78. The number of aryl methyl sites for hydroxylation is 2. The molecule has 114 valence electrons. The van der Waals surface area contributed by atoms with E-state index in [-0.39, 0.29) is 5.03 Å². The molecule has 0 fully saturated rings. The number of thiazole rings is 1. The van der Waals surface area contributed by atoms with Gasteiger partial charge >= 0.3 is 0 Å². The third-order valence-electron chi connectivity index (χ3n) is 2.90. The number of hydrogen-bond donors (Lipinski definition) is 2. The number of nitrogens with zero attached hydrogens (tertiary/aromatic N) is 2. The van der Waals surface area contributed by atoms with Crippen LogP contribution in [0.3, 0.4) is 0 Å². The molecule has 6 nitrogen and oxygen atoms in total. The summed E-state index contributed by atoms with van der Waals surface area (Å²) in [6.07, 6.45) is 2.33. The second-order valence-corrected chi connectivity index (χ2v) is 7.35. The maximum Gasteiger partial charge on any atom is 0.281 e. The van der Waals surface area contributed by atoms with E-state index in [2.05, 4.69) is 20.0 Å². The summed E-state index contributed by atoms with van der Waals surface area (Å²) in [5.41, 5.74) is 1.84. The van der Waals surface area contributed by atoms with E-state index >= 15 is 0 Å². The lowest BCUT2D eigenvalue weighted by molar-refractivity contribution is 0.597. The fourth-order valence-corrected chi connectivity index (χ4v) is 3.91. The highest BCUT2D eigenvalue weighted by atomic mass is 32.2. The molecule has 0 saturated heterocycles. The lowest BCUT2D eigenvalue weighted by atomic mass is 10.3. The second-order valence-electron chi connectivity index (χ2n) is 4.52. The van der Waals surface area contributed by atoms with Crippen LogP contribution in [0.15, 0.2) is 23.4 Å². The summed E-state index contributed by atoms with van der Waals surface area (Å²) in [6.45, 7) is 4.56. The van der Waals surface area contributed by atoms with E-state index in [0.717, 1.165) is 22.6 Å². The normalized spacial score (nSPS) is 11.6. The summed E-state index contributed by atoms with van der Waals surface area (Å²) in [4.78, 5) is 9.30. The SMILES string of the molecule is CCc1nc(NS(=O)(=O)c2ccc(CNC)cn2)sc1C. The molecule has 0 amide bonds. The van der Waals surface area contributed by atoms with Crippen LogP contribution in [0.5, 0.6) is 0 Å². The van der Waals surface area contributed by atoms with Crippen molar-refractivity contribution in [1.29, 1.82) is 0 Å². The predicted octanol–water partition coefficient (Wildman–Crippen LogP) is 1.93. The van der Waals surface area contributed by atoms with Crippen LogP contribution < -0.4 is 10.0 Å². The van der Waals surface area contributed by atoms with Gasteiger partial charge in [0.05, 0.1) is 5.69 Å². The number of nitrogens with one attached hydrogen (secondary N) is 2. The van der Waals surface area contributed by atoms with Crippen molar-refractivity contribution in [1.82, 2.24) is 15.3 Å². The molecule has 2 aromatic heterocycles. The lowest BCUT2D eigenvalue weighted by Crippen LogP contribution is -2.15. The highest BCUT2D eigenvalue weighted by molar-refractivity contribution is 7.92. The summed E-state index contributed by atoms with van der Waals surface area (Å²) in [6, 6.07) is 3.23. The molecule has 0 aliphatic carbocycles. The Bertz CT molecular complexity index is 708. The summed E-state index contributed by atoms with van der Waals surface area (Å²) in [7, 11) is -1.87. The molecule has 8 heteroatoms. The fraction of sp³-hybridized carbons (Fsp3) is 0.385. The van der Waals surface area contributed by atoms with Crippen molar-refractivity contribution in [3.8, 4) is 0 Å². The van der Waals surface area contributed by atoms with Gasteiger partial charge < -0.3 is 5.32 Å². The average molecular weight is 326 g/mol. The number of rotatable bonds is 6. The molecule has 21 heavy (non-hydrogen) atoms. The van der Waals surface area contributed by atoms with Gasteiger partial charge in [0, 0.05) is 17.6 Å². The van der Waals surface area contributed by atoms with Gasteiger partial charge in [-0.1, -0.05) is 13.0 Å². The van der Waals surface area contributed by atoms with E-state index < -0.39 is 10.0 Å². The monoisotopic (exact) mass is 326 g/mol. The van der Waals surface area contributed by atoms with Crippen molar-refractivity contribution in [2.24, 2.45) is 0 Å². The van der Waals surface area contributed by atoms with E-state index in [1.807, 2.05) is 20.9 Å². The van der Waals surface area contributed by atoms with Crippen LogP contribution in [0, 0.1) is 6.92 Å². The number of hydrogen-bond acceptors (Lipinski definition) is 6. The zero-order valence-corrected chi connectivity index (χ0v) is 13.8. The van der Waals surface area contributed by atoms with E-state index in [1.54, 1.807) is 12.3 Å². The highest BCUT2D eigenvalue weighted by Crippen LogP contribution is 2.24. The molecule has 2 aromatic rings. The lowest BCUT2D eigenvalue weighted by Gasteiger charge is -2.05. The predicted molar refractivity (Wildman–Crippen MR) is 84.0 cm³/mol. The average Bonchev–Trinajstić information content (AvgIpc) is 2.79. The number of aromatic nitrogens is 2. The maximum atomic E-state index is 12.3. The van der Waals surface area contributed by atoms with Gasteiger partial charge in [-0.15, -0.1) is 11.3 Å². The highest BCUT2D eigenvalue weighted by Gasteiger charge is 2.18. The summed E-state index contributed by atoms with van der Waals surface area (Å²) < 4.78 is 27.0. The molecule has 0 spiro atoms.